The highest BCUT2D eigenvalue weighted by molar-refractivity contribution is 5.87. The molecule has 0 saturated heterocycles. The summed E-state index contributed by atoms with van der Waals surface area (Å²) in [6.45, 7) is 25.7. The molecule has 2 aliphatic carbocycles. The molecule has 0 aromatic heterocycles. The Labute approximate surface area is 385 Å². The van der Waals surface area contributed by atoms with Gasteiger partial charge in [0.05, 0.1) is 0 Å². The summed E-state index contributed by atoms with van der Waals surface area (Å²) in [5, 5.41) is 0. The fraction of sp³-hybridized carbons (Fsp3) is 0.333. The van der Waals surface area contributed by atoms with Gasteiger partial charge in [-0.15, -0.1) is 0 Å². The van der Waals surface area contributed by atoms with Crippen molar-refractivity contribution >= 4 is 17.1 Å². The van der Waals surface area contributed by atoms with E-state index in [0.29, 0.717) is 5.92 Å². The molecule has 0 N–H and O–H groups in total. The molecular formula is C63H69N. The van der Waals surface area contributed by atoms with Gasteiger partial charge in [-0.2, -0.15) is 0 Å². The van der Waals surface area contributed by atoms with Gasteiger partial charge in [0.2, 0.25) is 0 Å². The Bertz CT molecular complexity index is 2790. The van der Waals surface area contributed by atoms with E-state index in [1.54, 1.807) is 0 Å². The molecule has 0 aliphatic heterocycles. The van der Waals surface area contributed by atoms with Gasteiger partial charge in [0.25, 0.3) is 0 Å². The fourth-order valence-corrected chi connectivity index (χ4v) is 10.4. The van der Waals surface area contributed by atoms with Crippen molar-refractivity contribution < 1.29 is 0 Å². The van der Waals surface area contributed by atoms with Crippen LogP contribution in [0.5, 0.6) is 0 Å². The van der Waals surface area contributed by atoms with Crippen LogP contribution in [0.3, 0.4) is 0 Å². The van der Waals surface area contributed by atoms with E-state index in [-0.39, 0.29) is 21.7 Å². The van der Waals surface area contributed by atoms with Crippen molar-refractivity contribution in [1.82, 2.24) is 0 Å². The number of nitrogens with zero attached hydrogens (tertiary/aromatic N) is 1. The lowest BCUT2D eigenvalue weighted by atomic mass is 9.78. The number of benzene rings is 7. The third kappa shape index (κ3) is 8.52. The zero-order valence-corrected chi connectivity index (χ0v) is 40.5. The molecule has 9 rings (SSSR count). The molecule has 0 spiro atoms. The van der Waals surface area contributed by atoms with E-state index in [1.807, 2.05) is 0 Å². The second-order valence-corrected chi connectivity index (χ2v) is 22.6. The molecule has 64 heavy (non-hydrogen) atoms. The summed E-state index contributed by atoms with van der Waals surface area (Å²) < 4.78 is 0. The maximum atomic E-state index is 2.47. The van der Waals surface area contributed by atoms with E-state index in [2.05, 4.69) is 233 Å². The second kappa shape index (κ2) is 16.4. The maximum absolute atomic E-state index is 2.47. The number of anilines is 3. The van der Waals surface area contributed by atoms with Gasteiger partial charge in [-0.05, 0) is 155 Å². The Balaban J connectivity index is 1.15. The Morgan fingerprint density at radius 2 is 0.906 bits per heavy atom. The van der Waals surface area contributed by atoms with E-state index in [4.69, 9.17) is 0 Å². The van der Waals surface area contributed by atoms with Crippen LogP contribution in [-0.2, 0) is 21.7 Å². The van der Waals surface area contributed by atoms with E-state index in [9.17, 15) is 0 Å². The molecule has 0 heterocycles. The smallest absolute Gasteiger partial charge is 0.0467 e. The standard InChI is InChI=1S/C63H69N/c1-60(2,3)50-35-47(34-48(36-50)49-37-51(61(4,5)6)40-52(38-49)62(7,8)9)43-27-29-53(30-28-43)64(55-31-32-57-56-25-15-16-26-58(56)63(10,11)59(57)41-55)54-24-18-23-46(39-54)45-22-17-21-44(33-45)42-19-13-12-14-20-42/h15-18,21-42H,12-14,19-20H2,1-11H3. The van der Waals surface area contributed by atoms with E-state index < -0.39 is 0 Å². The van der Waals surface area contributed by atoms with Crippen molar-refractivity contribution in [2.45, 2.75) is 136 Å². The third-order valence-electron chi connectivity index (χ3n) is 14.5. The molecule has 0 unspecified atom stereocenters. The average molecular weight is 840 g/mol. The monoisotopic (exact) mass is 840 g/mol. The fourth-order valence-electron chi connectivity index (χ4n) is 10.4. The van der Waals surface area contributed by atoms with E-state index in [0.717, 1.165) is 11.4 Å². The van der Waals surface area contributed by atoms with Gasteiger partial charge in [0.15, 0.2) is 0 Å². The molecule has 0 atom stereocenters. The topological polar surface area (TPSA) is 3.24 Å². The molecule has 7 aromatic carbocycles. The first-order chi connectivity index (χ1) is 30.3. The first kappa shape index (κ1) is 43.6. The summed E-state index contributed by atoms with van der Waals surface area (Å²) >= 11 is 0. The predicted octanol–water partition coefficient (Wildman–Crippen LogP) is 18.4. The van der Waals surface area contributed by atoms with Gasteiger partial charge in [-0.25, -0.2) is 0 Å². The van der Waals surface area contributed by atoms with Crippen molar-refractivity contribution in [2.24, 2.45) is 0 Å². The summed E-state index contributed by atoms with van der Waals surface area (Å²) in [6.07, 6.45) is 6.66. The Kier molecular flexibility index (Phi) is 11.2. The van der Waals surface area contributed by atoms with Gasteiger partial charge < -0.3 is 4.90 Å². The molecular weight excluding hydrogens is 771 g/mol. The average Bonchev–Trinajstić information content (AvgIpc) is 3.51. The summed E-state index contributed by atoms with van der Waals surface area (Å²) in [6, 6.07) is 58.6. The lowest BCUT2D eigenvalue weighted by molar-refractivity contribution is 0.444. The summed E-state index contributed by atoms with van der Waals surface area (Å²) in [5.41, 5.74) is 22.1. The van der Waals surface area contributed by atoms with Crippen LogP contribution < -0.4 is 4.90 Å². The van der Waals surface area contributed by atoms with Crippen LogP contribution in [-0.4, -0.2) is 0 Å². The zero-order valence-electron chi connectivity index (χ0n) is 40.5. The van der Waals surface area contributed by atoms with Crippen LogP contribution in [0.15, 0.2) is 152 Å². The maximum Gasteiger partial charge on any atom is 0.0467 e. The van der Waals surface area contributed by atoms with Crippen LogP contribution >= 0.6 is 0 Å². The highest BCUT2D eigenvalue weighted by Crippen LogP contribution is 2.51. The first-order valence-electron chi connectivity index (χ1n) is 24.0. The lowest BCUT2D eigenvalue weighted by Gasteiger charge is -2.29. The minimum Gasteiger partial charge on any atom is -0.310 e. The van der Waals surface area contributed by atoms with Crippen LogP contribution in [0.25, 0.3) is 44.5 Å². The van der Waals surface area contributed by atoms with Crippen LogP contribution in [0.4, 0.5) is 17.1 Å². The molecule has 0 radical (unpaired) electrons. The van der Waals surface area contributed by atoms with Crippen molar-refractivity contribution in [3.8, 4) is 44.5 Å². The quantitative estimate of drug-likeness (QED) is 0.155. The van der Waals surface area contributed by atoms with E-state index in [1.165, 1.54) is 116 Å². The van der Waals surface area contributed by atoms with Crippen LogP contribution in [0.2, 0.25) is 0 Å². The minimum atomic E-state index is -0.102. The van der Waals surface area contributed by atoms with Gasteiger partial charge >= 0.3 is 0 Å². The highest BCUT2D eigenvalue weighted by atomic mass is 15.1. The summed E-state index contributed by atoms with van der Waals surface area (Å²) in [7, 11) is 0. The molecule has 7 aromatic rings. The number of fused-ring (bicyclic) bond motifs is 3. The minimum absolute atomic E-state index is 0.0159. The van der Waals surface area contributed by atoms with Crippen molar-refractivity contribution in [3.05, 3.63) is 185 Å². The molecule has 1 fully saturated rings. The van der Waals surface area contributed by atoms with Crippen molar-refractivity contribution in [3.63, 3.8) is 0 Å². The number of hydrogen-bond acceptors (Lipinski definition) is 1. The van der Waals surface area contributed by atoms with Gasteiger partial charge in [0, 0.05) is 22.5 Å². The SMILES string of the molecule is CC(C)(C)c1cc(-c2ccc(N(c3cccc(-c4cccc(C5CCCCC5)c4)c3)c3ccc4c(c3)C(C)(C)c3ccccc3-4)cc2)cc(-c2cc(C(C)(C)C)cc(C(C)(C)C)c2)c1. The van der Waals surface area contributed by atoms with Crippen LogP contribution in [0.1, 0.15) is 148 Å². The van der Waals surface area contributed by atoms with Gasteiger partial charge in [0.1, 0.15) is 0 Å². The lowest BCUT2D eigenvalue weighted by Crippen LogP contribution is -2.16. The Morgan fingerprint density at radius 1 is 0.391 bits per heavy atom. The normalized spacial score (nSPS) is 15.2. The van der Waals surface area contributed by atoms with Gasteiger partial charge in [-0.1, -0.05) is 205 Å². The molecule has 1 saturated carbocycles. The largest absolute Gasteiger partial charge is 0.310 e. The summed E-state index contributed by atoms with van der Waals surface area (Å²) in [5.74, 6) is 0.667. The summed E-state index contributed by atoms with van der Waals surface area (Å²) in [4.78, 5) is 2.47. The first-order valence-corrected chi connectivity index (χ1v) is 24.0. The molecule has 2 aliphatic rings. The number of rotatable bonds is 7. The molecule has 1 heteroatoms. The van der Waals surface area contributed by atoms with Crippen molar-refractivity contribution in [2.75, 3.05) is 4.90 Å². The Morgan fingerprint density at radius 3 is 1.55 bits per heavy atom. The highest BCUT2D eigenvalue weighted by Gasteiger charge is 2.36. The molecule has 0 bridgehead atoms. The second-order valence-electron chi connectivity index (χ2n) is 22.6. The van der Waals surface area contributed by atoms with E-state index >= 15 is 0 Å². The molecule has 1 nitrogen and oxygen atoms in total. The van der Waals surface area contributed by atoms with Crippen LogP contribution in [0, 0.1) is 0 Å². The Hall–Kier alpha value is -5.66. The molecule has 326 valence electrons. The zero-order chi connectivity index (χ0) is 45.2. The predicted molar refractivity (Wildman–Crippen MR) is 277 cm³/mol. The molecule has 0 amide bonds. The third-order valence-corrected chi connectivity index (χ3v) is 14.5. The van der Waals surface area contributed by atoms with Crippen molar-refractivity contribution in [1.29, 1.82) is 0 Å². The number of hydrogen-bond donors (Lipinski definition) is 0. The van der Waals surface area contributed by atoms with Gasteiger partial charge in [-0.3, -0.25) is 0 Å².